The lowest BCUT2D eigenvalue weighted by molar-refractivity contribution is -0.133. The van der Waals surface area contributed by atoms with Crippen molar-refractivity contribution < 1.29 is 22.4 Å². The third kappa shape index (κ3) is 5.00. The van der Waals surface area contributed by atoms with Gasteiger partial charge in [0.15, 0.2) is 9.84 Å². The van der Waals surface area contributed by atoms with E-state index in [0.29, 0.717) is 13.1 Å². The van der Waals surface area contributed by atoms with Crippen molar-refractivity contribution in [1.82, 2.24) is 10.2 Å². The minimum atomic E-state index is -3.77. The number of rotatable bonds is 6. The molecular formula is C21H23FN2O4S. The Hall–Kier alpha value is -2.74. The van der Waals surface area contributed by atoms with Gasteiger partial charge < -0.3 is 10.2 Å². The van der Waals surface area contributed by atoms with E-state index in [1.165, 1.54) is 24.6 Å². The molecule has 3 rings (SSSR count). The van der Waals surface area contributed by atoms with E-state index in [4.69, 9.17) is 0 Å². The number of nitrogens with zero attached hydrogens (tertiary/aromatic N) is 1. The summed E-state index contributed by atoms with van der Waals surface area (Å²) in [5.41, 5.74) is 2.32. The highest BCUT2D eigenvalue weighted by atomic mass is 32.2. The number of sulfone groups is 1. The van der Waals surface area contributed by atoms with Gasteiger partial charge in [-0.1, -0.05) is 24.3 Å². The van der Waals surface area contributed by atoms with Crippen LogP contribution in [0.2, 0.25) is 0 Å². The van der Waals surface area contributed by atoms with E-state index < -0.39 is 26.8 Å². The van der Waals surface area contributed by atoms with E-state index in [-0.39, 0.29) is 23.8 Å². The molecule has 0 saturated heterocycles. The first-order valence-corrected chi connectivity index (χ1v) is 10.9. The Bertz CT molecular complexity index is 1010. The van der Waals surface area contributed by atoms with Crippen LogP contribution in [-0.2, 0) is 32.4 Å². The minimum absolute atomic E-state index is 0.0396. The molecule has 1 N–H and O–H groups in total. The first-order chi connectivity index (χ1) is 13.8. The van der Waals surface area contributed by atoms with Crippen LogP contribution in [0, 0.1) is 5.82 Å². The molecular weight excluding hydrogens is 395 g/mol. The van der Waals surface area contributed by atoms with Gasteiger partial charge in [-0.15, -0.1) is 0 Å². The quantitative estimate of drug-likeness (QED) is 0.728. The second-order valence-electron chi connectivity index (χ2n) is 7.12. The molecule has 1 unspecified atom stereocenters. The number of nitrogens with one attached hydrogen (secondary N) is 1. The van der Waals surface area contributed by atoms with E-state index in [9.17, 15) is 22.4 Å². The van der Waals surface area contributed by atoms with Crippen LogP contribution in [0.5, 0.6) is 0 Å². The number of benzene rings is 2. The highest BCUT2D eigenvalue weighted by Gasteiger charge is 2.26. The van der Waals surface area contributed by atoms with Crippen molar-refractivity contribution in [3.63, 3.8) is 0 Å². The van der Waals surface area contributed by atoms with Crippen LogP contribution in [0.25, 0.3) is 0 Å². The molecule has 0 fully saturated rings. The summed E-state index contributed by atoms with van der Waals surface area (Å²) >= 11 is 0. The normalized spacial score (nSPS) is 14.8. The summed E-state index contributed by atoms with van der Waals surface area (Å²) in [5, 5.41) is 1.52. The lowest BCUT2D eigenvalue weighted by atomic mass is 10.00. The van der Waals surface area contributed by atoms with Crippen LogP contribution >= 0.6 is 0 Å². The predicted molar refractivity (Wildman–Crippen MR) is 106 cm³/mol. The smallest absolute Gasteiger partial charge is 0.242 e. The van der Waals surface area contributed by atoms with Gasteiger partial charge in [0.2, 0.25) is 11.8 Å². The number of amides is 2. The number of carbonyl (C=O) groups excluding carboxylic acids is 2. The van der Waals surface area contributed by atoms with E-state index in [1.807, 2.05) is 24.3 Å². The average molecular weight is 418 g/mol. The fourth-order valence-electron chi connectivity index (χ4n) is 3.29. The average Bonchev–Trinajstić information content (AvgIpc) is 2.71. The molecule has 1 atom stereocenters. The fourth-order valence-corrected chi connectivity index (χ4v) is 4.64. The van der Waals surface area contributed by atoms with Crippen molar-refractivity contribution in [2.45, 2.75) is 36.5 Å². The van der Waals surface area contributed by atoms with E-state index in [2.05, 4.69) is 5.32 Å². The Labute approximate surface area is 169 Å². The SMILES string of the molecule is CC(CC(=O)NCC(=O)N1CCc2ccccc2C1)S(=O)(=O)c1ccc(F)cc1. The van der Waals surface area contributed by atoms with Gasteiger partial charge in [-0.25, -0.2) is 12.8 Å². The van der Waals surface area contributed by atoms with Gasteiger partial charge in [0.1, 0.15) is 5.82 Å². The molecule has 29 heavy (non-hydrogen) atoms. The van der Waals surface area contributed by atoms with Gasteiger partial charge in [-0.05, 0) is 48.7 Å². The molecule has 0 bridgehead atoms. The first kappa shape index (κ1) is 21.0. The largest absolute Gasteiger partial charge is 0.347 e. The van der Waals surface area contributed by atoms with Gasteiger partial charge in [0.25, 0.3) is 0 Å². The highest BCUT2D eigenvalue weighted by Crippen LogP contribution is 2.19. The summed E-state index contributed by atoms with van der Waals surface area (Å²) in [6.07, 6.45) is 0.485. The Morgan fingerprint density at radius 2 is 1.76 bits per heavy atom. The van der Waals surface area contributed by atoms with Crippen LogP contribution in [0.1, 0.15) is 24.5 Å². The molecule has 2 amide bonds. The van der Waals surface area contributed by atoms with Crippen LogP contribution in [0.3, 0.4) is 0 Å². The summed E-state index contributed by atoms with van der Waals surface area (Å²) < 4.78 is 38.0. The molecule has 0 spiro atoms. The second-order valence-corrected chi connectivity index (χ2v) is 9.49. The lowest BCUT2D eigenvalue weighted by Gasteiger charge is -2.29. The van der Waals surface area contributed by atoms with Crippen molar-refractivity contribution in [2.75, 3.05) is 13.1 Å². The monoisotopic (exact) mass is 418 g/mol. The maximum atomic E-state index is 13.0. The number of fused-ring (bicyclic) bond motifs is 1. The first-order valence-electron chi connectivity index (χ1n) is 9.38. The molecule has 1 heterocycles. The summed E-state index contributed by atoms with van der Waals surface area (Å²) in [6.45, 7) is 2.33. The maximum absolute atomic E-state index is 13.0. The number of hydrogen-bond donors (Lipinski definition) is 1. The van der Waals surface area contributed by atoms with E-state index in [0.717, 1.165) is 24.1 Å². The van der Waals surface area contributed by atoms with Gasteiger partial charge in [0, 0.05) is 19.5 Å². The van der Waals surface area contributed by atoms with Crippen molar-refractivity contribution in [3.8, 4) is 0 Å². The maximum Gasteiger partial charge on any atom is 0.242 e. The summed E-state index contributed by atoms with van der Waals surface area (Å²) in [5.74, 6) is -1.26. The molecule has 2 aromatic rings. The second kappa shape index (κ2) is 8.73. The Balaban J connectivity index is 1.52. The predicted octanol–water partition coefficient (Wildman–Crippen LogP) is 2.08. The summed E-state index contributed by atoms with van der Waals surface area (Å²) in [4.78, 5) is 26.2. The fraction of sp³-hybridized carbons (Fsp3) is 0.333. The molecule has 1 aliphatic rings. The van der Waals surface area contributed by atoms with Gasteiger partial charge in [0.05, 0.1) is 16.7 Å². The number of hydrogen-bond acceptors (Lipinski definition) is 4. The molecule has 8 heteroatoms. The zero-order valence-corrected chi connectivity index (χ0v) is 16.9. The Morgan fingerprint density at radius 1 is 1.10 bits per heavy atom. The van der Waals surface area contributed by atoms with Gasteiger partial charge in [-0.3, -0.25) is 9.59 Å². The zero-order chi connectivity index (χ0) is 21.0. The van der Waals surface area contributed by atoms with Crippen molar-refractivity contribution in [2.24, 2.45) is 0 Å². The zero-order valence-electron chi connectivity index (χ0n) is 16.1. The molecule has 1 aliphatic heterocycles. The van der Waals surface area contributed by atoms with Crippen LogP contribution < -0.4 is 5.32 Å². The van der Waals surface area contributed by atoms with Gasteiger partial charge in [-0.2, -0.15) is 0 Å². The third-order valence-corrected chi connectivity index (χ3v) is 7.22. The van der Waals surface area contributed by atoms with E-state index >= 15 is 0 Å². The van der Waals surface area contributed by atoms with E-state index in [1.54, 1.807) is 4.90 Å². The Kier molecular flexibility index (Phi) is 6.32. The Morgan fingerprint density at radius 3 is 2.45 bits per heavy atom. The molecule has 0 aliphatic carbocycles. The lowest BCUT2D eigenvalue weighted by Crippen LogP contribution is -2.43. The molecule has 2 aromatic carbocycles. The minimum Gasteiger partial charge on any atom is -0.347 e. The topological polar surface area (TPSA) is 83.6 Å². The molecule has 0 saturated carbocycles. The van der Waals surface area contributed by atoms with Gasteiger partial charge >= 0.3 is 0 Å². The number of carbonyl (C=O) groups is 2. The van der Waals surface area contributed by atoms with Crippen LogP contribution in [0.4, 0.5) is 4.39 Å². The molecule has 6 nitrogen and oxygen atoms in total. The molecule has 0 aromatic heterocycles. The molecule has 154 valence electrons. The van der Waals surface area contributed by atoms with Crippen LogP contribution in [0.15, 0.2) is 53.4 Å². The highest BCUT2D eigenvalue weighted by molar-refractivity contribution is 7.92. The van der Waals surface area contributed by atoms with Crippen molar-refractivity contribution >= 4 is 21.7 Å². The summed E-state index contributed by atoms with van der Waals surface area (Å²) in [6, 6.07) is 12.4. The summed E-state index contributed by atoms with van der Waals surface area (Å²) in [7, 11) is -3.77. The van der Waals surface area contributed by atoms with Crippen molar-refractivity contribution in [1.29, 1.82) is 0 Å². The third-order valence-electron chi connectivity index (χ3n) is 5.06. The standard InChI is InChI=1S/C21H23FN2O4S/c1-15(29(27,28)19-8-6-18(22)7-9-19)12-20(25)23-13-21(26)24-11-10-16-4-2-3-5-17(16)14-24/h2-9,15H,10-14H2,1H3,(H,23,25). The van der Waals surface area contributed by atoms with Crippen LogP contribution in [-0.4, -0.2) is 43.5 Å². The molecule has 0 radical (unpaired) electrons. The number of halogens is 1. The van der Waals surface area contributed by atoms with Crippen molar-refractivity contribution in [3.05, 3.63) is 65.5 Å².